The number of rotatable bonds is 17. The minimum absolute atomic E-state index is 0.437. The van der Waals surface area contributed by atoms with Gasteiger partial charge < -0.3 is 9.42 Å². The van der Waals surface area contributed by atoms with Crippen molar-refractivity contribution in [3.63, 3.8) is 0 Å². The van der Waals surface area contributed by atoms with E-state index in [0.717, 1.165) is 12.8 Å². The highest BCUT2D eigenvalue weighted by molar-refractivity contribution is 7.32. The highest BCUT2D eigenvalue weighted by Gasteiger charge is 1.95. The van der Waals surface area contributed by atoms with Crippen molar-refractivity contribution >= 4 is 8.25 Å². The summed E-state index contributed by atoms with van der Waals surface area (Å²) in [4.78, 5) is 8.48. The summed E-state index contributed by atoms with van der Waals surface area (Å²) in [5, 5.41) is 0. The first-order chi connectivity index (χ1) is 11.7. The summed E-state index contributed by atoms with van der Waals surface area (Å²) in [6.07, 6.45) is 21.1. The second-order valence-corrected chi connectivity index (χ2v) is 7.53. The SMILES string of the molecule is CCCC.CCCCCCCCCCCCCCCCO[PH](=O)O. The van der Waals surface area contributed by atoms with Gasteiger partial charge in [0, 0.05) is 0 Å². The fourth-order valence-corrected chi connectivity index (χ4v) is 2.78. The van der Waals surface area contributed by atoms with Crippen molar-refractivity contribution in [3.8, 4) is 0 Å². The molecule has 0 radical (unpaired) electrons. The van der Waals surface area contributed by atoms with Crippen molar-refractivity contribution in [3.05, 3.63) is 0 Å². The van der Waals surface area contributed by atoms with Crippen molar-refractivity contribution < 1.29 is 14.0 Å². The van der Waals surface area contributed by atoms with E-state index in [1.165, 1.54) is 89.9 Å². The molecule has 0 fully saturated rings. The molecule has 0 spiro atoms. The first kappa shape index (κ1) is 26.4. The Bertz CT molecular complexity index is 233. The predicted octanol–water partition coefficient (Wildman–Crippen LogP) is 7.67. The van der Waals surface area contributed by atoms with Crippen LogP contribution in [0.4, 0.5) is 0 Å². The first-order valence-electron chi connectivity index (χ1n) is 10.5. The van der Waals surface area contributed by atoms with E-state index in [1.54, 1.807) is 0 Å². The molecule has 0 bridgehead atoms. The third kappa shape index (κ3) is 30.1. The monoisotopic (exact) mass is 364 g/mol. The highest BCUT2D eigenvalue weighted by atomic mass is 31.1. The average Bonchev–Trinajstić information content (AvgIpc) is 2.58. The van der Waals surface area contributed by atoms with Gasteiger partial charge in [-0.05, 0) is 6.42 Å². The standard InChI is InChI=1S/C16H35O3P.C4H10/c1-2-3-4-5-6-7-8-9-10-11-12-13-14-15-16-19-20(17)18;1-3-4-2/h20H,2-16H2,1H3,(H,17,18);3-4H2,1-2H3. The largest absolute Gasteiger partial charge is 0.326 e. The van der Waals surface area contributed by atoms with Crippen LogP contribution in [0.15, 0.2) is 0 Å². The van der Waals surface area contributed by atoms with Gasteiger partial charge in [-0.25, -0.2) is 0 Å². The second kappa shape index (κ2) is 25.4. The van der Waals surface area contributed by atoms with Gasteiger partial charge in [0.1, 0.15) is 0 Å². The Morgan fingerprint density at radius 3 is 1.21 bits per heavy atom. The fourth-order valence-electron chi connectivity index (χ4n) is 2.46. The summed E-state index contributed by atoms with van der Waals surface area (Å²) in [5.74, 6) is 0. The summed E-state index contributed by atoms with van der Waals surface area (Å²) in [6.45, 7) is 7.06. The molecule has 148 valence electrons. The molecular formula is C20H45O3P. The molecule has 0 aromatic rings. The summed E-state index contributed by atoms with van der Waals surface area (Å²) in [7, 11) is -2.70. The molecule has 0 aliphatic rings. The van der Waals surface area contributed by atoms with E-state index < -0.39 is 8.25 Å². The van der Waals surface area contributed by atoms with E-state index in [-0.39, 0.29) is 0 Å². The lowest BCUT2D eigenvalue weighted by Crippen LogP contribution is -1.87. The zero-order valence-corrected chi connectivity index (χ0v) is 17.8. The Labute approximate surface area is 152 Å². The first-order valence-corrected chi connectivity index (χ1v) is 11.8. The molecule has 0 aliphatic carbocycles. The van der Waals surface area contributed by atoms with Crippen molar-refractivity contribution in [1.82, 2.24) is 0 Å². The molecule has 0 saturated carbocycles. The van der Waals surface area contributed by atoms with Crippen LogP contribution in [0.5, 0.6) is 0 Å². The Morgan fingerprint density at radius 2 is 0.917 bits per heavy atom. The minimum Gasteiger partial charge on any atom is -0.326 e. The summed E-state index contributed by atoms with van der Waals surface area (Å²) in [6, 6.07) is 0. The molecule has 0 rings (SSSR count). The molecule has 3 nitrogen and oxygen atoms in total. The Kier molecular flexibility index (Phi) is 27.9. The molecule has 1 atom stereocenters. The number of unbranched alkanes of at least 4 members (excludes halogenated alkanes) is 14. The smallest absolute Gasteiger partial charge is 0.316 e. The predicted molar refractivity (Wildman–Crippen MR) is 108 cm³/mol. The highest BCUT2D eigenvalue weighted by Crippen LogP contribution is 2.16. The van der Waals surface area contributed by atoms with E-state index in [1.807, 2.05) is 0 Å². The van der Waals surface area contributed by atoms with Crippen LogP contribution in [0, 0.1) is 0 Å². The van der Waals surface area contributed by atoms with Crippen molar-refractivity contribution in [2.24, 2.45) is 0 Å². The van der Waals surface area contributed by atoms with E-state index in [9.17, 15) is 4.57 Å². The third-order valence-electron chi connectivity index (χ3n) is 4.22. The van der Waals surface area contributed by atoms with E-state index in [0.29, 0.717) is 6.61 Å². The van der Waals surface area contributed by atoms with Crippen LogP contribution < -0.4 is 0 Å². The molecule has 0 aromatic heterocycles. The van der Waals surface area contributed by atoms with Gasteiger partial charge in [-0.3, -0.25) is 4.57 Å². The second-order valence-electron chi connectivity index (χ2n) is 6.71. The zero-order chi connectivity index (χ0) is 18.3. The maximum Gasteiger partial charge on any atom is 0.316 e. The quantitative estimate of drug-likeness (QED) is 0.213. The maximum absolute atomic E-state index is 10.3. The topological polar surface area (TPSA) is 46.5 Å². The molecule has 0 aliphatic heterocycles. The minimum atomic E-state index is -2.70. The molecule has 4 heteroatoms. The molecule has 0 heterocycles. The van der Waals surface area contributed by atoms with E-state index in [4.69, 9.17) is 4.89 Å². The van der Waals surface area contributed by atoms with Crippen molar-refractivity contribution in [2.75, 3.05) is 6.61 Å². The van der Waals surface area contributed by atoms with Crippen LogP contribution in [-0.2, 0) is 9.09 Å². The molecule has 0 amide bonds. The van der Waals surface area contributed by atoms with Gasteiger partial charge in [0.15, 0.2) is 0 Å². The maximum atomic E-state index is 10.3. The van der Waals surface area contributed by atoms with Crippen molar-refractivity contribution in [1.29, 1.82) is 0 Å². The molecular weight excluding hydrogens is 319 g/mol. The van der Waals surface area contributed by atoms with Gasteiger partial charge in [-0.1, -0.05) is 117 Å². The molecule has 1 unspecified atom stereocenters. The third-order valence-corrected chi connectivity index (χ3v) is 4.67. The van der Waals surface area contributed by atoms with Gasteiger partial charge in [-0.2, -0.15) is 0 Å². The van der Waals surface area contributed by atoms with Crippen LogP contribution >= 0.6 is 8.25 Å². The van der Waals surface area contributed by atoms with Crippen LogP contribution in [0.25, 0.3) is 0 Å². The van der Waals surface area contributed by atoms with Crippen LogP contribution in [0.1, 0.15) is 124 Å². The summed E-state index contributed by atoms with van der Waals surface area (Å²) in [5.41, 5.74) is 0. The van der Waals surface area contributed by atoms with Gasteiger partial charge in [0.05, 0.1) is 6.61 Å². The van der Waals surface area contributed by atoms with Crippen LogP contribution in [0.3, 0.4) is 0 Å². The molecule has 0 saturated heterocycles. The van der Waals surface area contributed by atoms with Crippen LogP contribution in [0.2, 0.25) is 0 Å². The zero-order valence-electron chi connectivity index (χ0n) is 16.8. The number of hydrogen-bond acceptors (Lipinski definition) is 2. The fraction of sp³-hybridized carbons (Fsp3) is 1.00. The lowest BCUT2D eigenvalue weighted by atomic mass is 10.0. The van der Waals surface area contributed by atoms with Crippen molar-refractivity contribution in [2.45, 2.75) is 124 Å². The van der Waals surface area contributed by atoms with Gasteiger partial charge >= 0.3 is 8.25 Å². The lowest BCUT2D eigenvalue weighted by molar-refractivity contribution is 0.273. The lowest BCUT2D eigenvalue weighted by Gasteiger charge is -2.03. The Balaban J connectivity index is 0. The Morgan fingerprint density at radius 1 is 0.583 bits per heavy atom. The van der Waals surface area contributed by atoms with E-state index in [2.05, 4.69) is 25.3 Å². The molecule has 1 N–H and O–H groups in total. The summed E-state index contributed by atoms with van der Waals surface area (Å²) < 4.78 is 14.9. The molecule has 0 aromatic carbocycles. The summed E-state index contributed by atoms with van der Waals surface area (Å²) >= 11 is 0. The van der Waals surface area contributed by atoms with E-state index >= 15 is 0 Å². The van der Waals surface area contributed by atoms with Gasteiger partial charge in [0.2, 0.25) is 0 Å². The average molecular weight is 365 g/mol. The van der Waals surface area contributed by atoms with Crippen LogP contribution in [-0.4, -0.2) is 11.5 Å². The normalized spacial score (nSPS) is 11.8. The number of hydrogen-bond donors (Lipinski definition) is 1. The Hall–Kier alpha value is 0.150. The molecule has 24 heavy (non-hydrogen) atoms. The van der Waals surface area contributed by atoms with Gasteiger partial charge in [0.25, 0.3) is 0 Å². The van der Waals surface area contributed by atoms with Gasteiger partial charge in [-0.15, -0.1) is 0 Å².